The van der Waals surface area contributed by atoms with Gasteiger partial charge in [0.25, 0.3) is 0 Å². The first-order chi connectivity index (χ1) is 8.22. The van der Waals surface area contributed by atoms with Crippen molar-refractivity contribution in [2.24, 2.45) is 11.7 Å². The van der Waals surface area contributed by atoms with Crippen LogP contribution in [0, 0.1) is 5.92 Å². The molecule has 0 aliphatic heterocycles. The zero-order valence-electron chi connectivity index (χ0n) is 11.4. The van der Waals surface area contributed by atoms with E-state index >= 15 is 0 Å². The summed E-state index contributed by atoms with van der Waals surface area (Å²) in [7, 11) is 2.21. The van der Waals surface area contributed by atoms with Crippen molar-refractivity contribution in [3.63, 3.8) is 0 Å². The summed E-state index contributed by atoms with van der Waals surface area (Å²) >= 11 is 1.85. The summed E-state index contributed by atoms with van der Waals surface area (Å²) < 4.78 is 0. The first kappa shape index (κ1) is 14.7. The largest absolute Gasteiger partial charge is 0.329 e. The Labute approximate surface area is 110 Å². The van der Waals surface area contributed by atoms with E-state index < -0.39 is 0 Å². The Kier molecular flexibility index (Phi) is 6.78. The Morgan fingerprint density at radius 1 is 1.35 bits per heavy atom. The molecule has 0 aliphatic rings. The Balaban J connectivity index is 2.45. The van der Waals surface area contributed by atoms with Gasteiger partial charge in [0, 0.05) is 24.0 Å². The molecule has 1 rings (SSSR count). The molecular weight excluding hydrogens is 228 g/mol. The number of rotatable bonds is 8. The lowest BCUT2D eigenvalue weighted by atomic mass is 9.93. The second-order valence-electron chi connectivity index (χ2n) is 4.69. The molecule has 1 atom stereocenters. The molecule has 3 heteroatoms. The molecule has 0 saturated carbocycles. The molecule has 1 aromatic rings. The predicted octanol–water partition coefficient (Wildman–Crippen LogP) is 2.99. The maximum atomic E-state index is 5.94. The molecule has 0 aromatic carbocycles. The van der Waals surface area contributed by atoms with Crippen molar-refractivity contribution in [2.75, 3.05) is 20.1 Å². The van der Waals surface area contributed by atoms with Gasteiger partial charge in [0.1, 0.15) is 0 Å². The molecule has 0 bridgehead atoms. The lowest BCUT2D eigenvalue weighted by Gasteiger charge is -2.33. The van der Waals surface area contributed by atoms with Crippen LogP contribution >= 0.6 is 11.3 Å². The summed E-state index contributed by atoms with van der Waals surface area (Å²) in [5.74, 6) is 0.730. The Morgan fingerprint density at radius 3 is 2.53 bits per heavy atom. The summed E-state index contributed by atoms with van der Waals surface area (Å²) in [6.07, 6.45) is 3.59. The van der Waals surface area contributed by atoms with Crippen molar-refractivity contribution in [1.82, 2.24) is 4.90 Å². The van der Waals surface area contributed by atoms with Crippen LogP contribution in [0.4, 0.5) is 0 Å². The van der Waals surface area contributed by atoms with Crippen LogP contribution in [0.25, 0.3) is 0 Å². The van der Waals surface area contributed by atoms with E-state index in [1.165, 1.54) is 17.7 Å². The van der Waals surface area contributed by atoms with Gasteiger partial charge in [-0.2, -0.15) is 0 Å². The molecule has 1 aromatic heterocycles. The highest BCUT2D eigenvalue weighted by Crippen LogP contribution is 2.18. The standard InChI is InChI=1S/C14H26N2S/c1-4-12(5-2)14(11-15)16(3)9-8-13-7-6-10-17-13/h6-7,10,12,14H,4-5,8-9,11,15H2,1-3H3. The topological polar surface area (TPSA) is 29.3 Å². The second-order valence-corrected chi connectivity index (χ2v) is 5.72. The van der Waals surface area contributed by atoms with Crippen LogP contribution in [-0.2, 0) is 6.42 Å². The van der Waals surface area contributed by atoms with Gasteiger partial charge in [-0.25, -0.2) is 0 Å². The fourth-order valence-corrected chi connectivity index (χ4v) is 3.17. The van der Waals surface area contributed by atoms with Crippen molar-refractivity contribution in [3.8, 4) is 0 Å². The fraction of sp³-hybridized carbons (Fsp3) is 0.714. The molecule has 98 valence electrons. The molecule has 1 unspecified atom stereocenters. The Bertz CT molecular complexity index is 280. The van der Waals surface area contributed by atoms with Gasteiger partial charge in [-0.05, 0) is 30.8 Å². The highest BCUT2D eigenvalue weighted by Gasteiger charge is 2.20. The lowest BCUT2D eigenvalue weighted by Crippen LogP contribution is -2.44. The summed E-state index contributed by atoms with van der Waals surface area (Å²) in [5, 5.41) is 2.15. The van der Waals surface area contributed by atoms with Crippen molar-refractivity contribution in [2.45, 2.75) is 39.2 Å². The van der Waals surface area contributed by atoms with Crippen LogP contribution in [0.2, 0.25) is 0 Å². The maximum absolute atomic E-state index is 5.94. The molecule has 0 aliphatic carbocycles. The smallest absolute Gasteiger partial charge is 0.0243 e. The van der Waals surface area contributed by atoms with Crippen molar-refractivity contribution in [1.29, 1.82) is 0 Å². The van der Waals surface area contributed by atoms with Crippen LogP contribution in [0.3, 0.4) is 0 Å². The van der Waals surface area contributed by atoms with Crippen LogP contribution in [0.15, 0.2) is 17.5 Å². The highest BCUT2D eigenvalue weighted by atomic mass is 32.1. The fourth-order valence-electron chi connectivity index (χ4n) is 2.47. The molecule has 0 amide bonds. The number of hydrogen-bond donors (Lipinski definition) is 1. The summed E-state index contributed by atoms with van der Waals surface area (Å²) in [6, 6.07) is 4.87. The van der Waals surface area contributed by atoms with Crippen LogP contribution in [0.1, 0.15) is 31.6 Å². The SMILES string of the molecule is CCC(CC)C(CN)N(C)CCc1cccs1. The van der Waals surface area contributed by atoms with E-state index in [0.29, 0.717) is 6.04 Å². The third-order valence-corrected chi connectivity index (χ3v) is 4.63. The number of nitrogens with zero attached hydrogens (tertiary/aromatic N) is 1. The van der Waals surface area contributed by atoms with Crippen molar-refractivity contribution >= 4 is 11.3 Å². The second kappa shape index (κ2) is 7.85. The Hall–Kier alpha value is -0.380. The molecule has 2 nitrogen and oxygen atoms in total. The van der Waals surface area contributed by atoms with Crippen molar-refractivity contribution in [3.05, 3.63) is 22.4 Å². The maximum Gasteiger partial charge on any atom is 0.0243 e. The summed E-state index contributed by atoms with van der Waals surface area (Å²) in [5.41, 5.74) is 5.94. The van der Waals surface area contributed by atoms with Gasteiger partial charge in [-0.3, -0.25) is 0 Å². The molecule has 0 spiro atoms. The normalized spacial score (nSPS) is 13.5. The van der Waals surface area contributed by atoms with Crippen LogP contribution in [-0.4, -0.2) is 31.1 Å². The quantitative estimate of drug-likeness (QED) is 0.773. The highest BCUT2D eigenvalue weighted by molar-refractivity contribution is 7.09. The number of hydrogen-bond acceptors (Lipinski definition) is 3. The van der Waals surface area contributed by atoms with Crippen LogP contribution in [0.5, 0.6) is 0 Å². The third-order valence-electron chi connectivity index (χ3n) is 3.69. The molecule has 2 N–H and O–H groups in total. The zero-order chi connectivity index (χ0) is 12.7. The third kappa shape index (κ3) is 4.41. The summed E-state index contributed by atoms with van der Waals surface area (Å²) in [6.45, 7) is 6.42. The van der Waals surface area contributed by atoms with E-state index in [9.17, 15) is 0 Å². The average molecular weight is 254 g/mol. The van der Waals surface area contributed by atoms with E-state index in [1.807, 2.05) is 11.3 Å². The van der Waals surface area contributed by atoms with Gasteiger partial charge in [0.15, 0.2) is 0 Å². The van der Waals surface area contributed by atoms with E-state index in [-0.39, 0.29) is 0 Å². The van der Waals surface area contributed by atoms with E-state index in [1.54, 1.807) is 0 Å². The summed E-state index contributed by atoms with van der Waals surface area (Å²) in [4.78, 5) is 3.91. The van der Waals surface area contributed by atoms with Gasteiger partial charge in [-0.1, -0.05) is 32.8 Å². The van der Waals surface area contributed by atoms with E-state index in [2.05, 4.69) is 43.3 Å². The van der Waals surface area contributed by atoms with Gasteiger partial charge in [0.05, 0.1) is 0 Å². The molecule has 0 fully saturated rings. The van der Waals surface area contributed by atoms with Gasteiger partial charge in [-0.15, -0.1) is 11.3 Å². The zero-order valence-corrected chi connectivity index (χ0v) is 12.2. The average Bonchev–Trinajstić information content (AvgIpc) is 2.85. The molecule has 0 saturated heterocycles. The van der Waals surface area contributed by atoms with Gasteiger partial charge >= 0.3 is 0 Å². The van der Waals surface area contributed by atoms with Gasteiger partial charge in [0.2, 0.25) is 0 Å². The number of thiophene rings is 1. The lowest BCUT2D eigenvalue weighted by molar-refractivity contribution is 0.174. The van der Waals surface area contributed by atoms with E-state index in [0.717, 1.165) is 25.4 Å². The molecule has 1 heterocycles. The van der Waals surface area contributed by atoms with Crippen LogP contribution < -0.4 is 5.73 Å². The minimum Gasteiger partial charge on any atom is -0.329 e. The minimum atomic E-state index is 0.532. The number of nitrogens with two attached hydrogens (primary N) is 1. The first-order valence-corrected chi connectivity index (χ1v) is 7.53. The van der Waals surface area contributed by atoms with E-state index in [4.69, 9.17) is 5.73 Å². The minimum absolute atomic E-state index is 0.532. The number of likely N-dealkylation sites (N-methyl/N-ethyl adjacent to an activating group) is 1. The molecule has 17 heavy (non-hydrogen) atoms. The first-order valence-electron chi connectivity index (χ1n) is 6.65. The Morgan fingerprint density at radius 2 is 2.06 bits per heavy atom. The monoisotopic (exact) mass is 254 g/mol. The van der Waals surface area contributed by atoms with Gasteiger partial charge < -0.3 is 10.6 Å². The van der Waals surface area contributed by atoms with Crippen molar-refractivity contribution < 1.29 is 0 Å². The molecule has 0 radical (unpaired) electrons. The molecular formula is C14H26N2S. The predicted molar refractivity (Wildman–Crippen MR) is 77.6 cm³/mol.